The lowest BCUT2D eigenvalue weighted by Gasteiger charge is -2.29. The van der Waals surface area contributed by atoms with Crippen LogP contribution in [0.1, 0.15) is 43.0 Å². The zero-order valence-corrected chi connectivity index (χ0v) is 15.4. The fourth-order valence-electron chi connectivity index (χ4n) is 3.33. The molecule has 0 unspecified atom stereocenters. The molecule has 2 aromatic rings. The third-order valence-corrected chi connectivity index (χ3v) is 4.82. The molecule has 0 spiro atoms. The summed E-state index contributed by atoms with van der Waals surface area (Å²) in [5.41, 5.74) is 4.31. The average Bonchev–Trinajstić information content (AvgIpc) is 2.67. The second-order valence-electron chi connectivity index (χ2n) is 6.65. The highest BCUT2D eigenvalue weighted by molar-refractivity contribution is 5.70. The van der Waals surface area contributed by atoms with Gasteiger partial charge in [-0.1, -0.05) is 19.4 Å². The lowest BCUT2D eigenvalue weighted by atomic mass is 9.99. The molecule has 0 saturated carbocycles. The van der Waals surface area contributed by atoms with E-state index >= 15 is 0 Å². The number of pyridine rings is 2. The van der Waals surface area contributed by atoms with Crippen LogP contribution in [0.4, 0.5) is 5.69 Å². The Morgan fingerprint density at radius 2 is 2.19 bits per heavy atom. The predicted molar refractivity (Wildman–Crippen MR) is 104 cm³/mol. The van der Waals surface area contributed by atoms with Crippen molar-refractivity contribution in [1.82, 2.24) is 9.55 Å². The molecular formula is C21H24N4O. The van der Waals surface area contributed by atoms with Gasteiger partial charge in [0.25, 0.3) is 5.56 Å². The molecule has 0 fully saturated rings. The van der Waals surface area contributed by atoms with Gasteiger partial charge in [0, 0.05) is 37.7 Å². The topological polar surface area (TPSA) is 61.9 Å². The molecule has 2 aromatic heterocycles. The second-order valence-corrected chi connectivity index (χ2v) is 6.65. The molecule has 5 nitrogen and oxygen atoms in total. The lowest BCUT2D eigenvalue weighted by molar-refractivity contribution is 0.611. The van der Waals surface area contributed by atoms with Crippen molar-refractivity contribution >= 4 is 11.3 Å². The molecule has 1 aliphatic rings. The third kappa shape index (κ3) is 3.70. The smallest absolute Gasteiger partial charge is 0.270 e. The molecule has 0 amide bonds. The molecule has 0 atom stereocenters. The van der Waals surface area contributed by atoms with Crippen LogP contribution in [0.25, 0.3) is 5.57 Å². The molecule has 0 N–H and O–H groups in total. The van der Waals surface area contributed by atoms with Crippen LogP contribution >= 0.6 is 0 Å². The van der Waals surface area contributed by atoms with Crippen molar-refractivity contribution in [3.8, 4) is 6.07 Å². The van der Waals surface area contributed by atoms with Gasteiger partial charge in [-0.2, -0.15) is 5.26 Å². The number of hydrogen-bond donors (Lipinski definition) is 0. The summed E-state index contributed by atoms with van der Waals surface area (Å²) in [4.78, 5) is 18.9. The number of anilines is 1. The van der Waals surface area contributed by atoms with Crippen molar-refractivity contribution in [1.29, 1.82) is 5.26 Å². The molecule has 26 heavy (non-hydrogen) atoms. The van der Waals surface area contributed by atoms with E-state index in [0.29, 0.717) is 13.1 Å². The molecule has 0 bridgehead atoms. The Hall–Kier alpha value is -2.87. The van der Waals surface area contributed by atoms with Gasteiger partial charge in [-0.3, -0.25) is 9.78 Å². The first-order chi connectivity index (χ1) is 12.6. The van der Waals surface area contributed by atoms with E-state index in [-0.39, 0.29) is 11.1 Å². The lowest BCUT2D eigenvalue weighted by Crippen LogP contribution is -2.32. The first-order valence-electron chi connectivity index (χ1n) is 9.14. The van der Waals surface area contributed by atoms with Gasteiger partial charge in [-0.25, -0.2) is 0 Å². The molecule has 0 aliphatic carbocycles. The van der Waals surface area contributed by atoms with E-state index in [0.717, 1.165) is 37.2 Å². The van der Waals surface area contributed by atoms with Crippen molar-refractivity contribution in [3.05, 3.63) is 63.8 Å². The summed E-state index contributed by atoms with van der Waals surface area (Å²) in [5, 5.41) is 9.53. The minimum atomic E-state index is -0.182. The minimum absolute atomic E-state index is 0.182. The highest BCUT2D eigenvalue weighted by atomic mass is 16.1. The van der Waals surface area contributed by atoms with Crippen LogP contribution in [-0.4, -0.2) is 22.6 Å². The maximum Gasteiger partial charge on any atom is 0.270 e. The molecule has 0 saturated heterocycles. The van der Waals surface area contributed by atoms with E-state index < -0.39 is 0 Å². The van der Waals surface area contributed by atoms with Crippen LogP contribution in [0.2, 0.25) is 0 Å². The van der Waals surface area contributed by atoms with Crippen molar-refractivity contribution < 1.29 is 0 Å². The average molecular weight is 348 g/mol. The second kappa shape index (κ2) is 8.01. The maximum absolute atomic E-state index is 12.6. The van der Waals surface area contributed by atoms with E-state index in [1.807, 2.05) is 31.5 Å². The Balaban J connectivity index is 1.84. The number of unbranched alkanes of at least 4 members (excludes halogenated alkanes) is 1. The van der Waals surface area contributed by atoms with Crippen LogP contribution < -0.4 is 10.5 Å². The van der Waals surface area contributed by atoms with Gasteiger partial charge in [0.05, 0.1) is 5.69 Å². The van der Waals surface area contributed by atoms with E-state index in [4.69, 9.17) is 0 Å². The van der Waals surface area contributed by atoms with Crippen LogP contribution in [0, 0.1) is 18.3 Å². The van der Waals surface area contributed by atoms with E-state index in [2.05, 4.69) is 35.0 Å². The van der Waals surface area contributed by atoms with Crippen molar-refractivity contribution in [3.63, 3.8) is 0 Å². The minimum Gasteiger partial charge on any atom is -0.366 e. The highest BCUT2D eigenvalue weighted by Gasteiger charge is 2.19. The van der Waals surface area contributed by atoms with Crippen LogP contribution in [-0.2, 0) is 6.54 Å². The monoisotopic (exact) mass is 348 g/mol. The summed E-state index contributed by atoms with van der Waals surface area (Å²) in [6, 6.07) is 8.16. The van der Waals surface area contributed by atoms with Crippen LogP contribution in [0.3, 0.4) is 0 Å². The largest absolute Gasteiger partial charge is 0.366 e. The SMILES string of the molecule is CCCCn1ccc(N2CC=C(c3ccnc(C)c3)CC2)c(C#N)c1=O. The predicted octanol–water partition coefficient (Wildman–Crippen LogP) is 3.52. The summed E-state index contributed by atoms with van der Waals surface area (Å²) < 4.78 is 1.65. The summed E-state index contributed by atoms with van der Waals surface area (Å²) in [7, 11) is 0. The zero-order valence-electron chi connectivity index (χ0n) is 15.4. The molecule has 3 rings (SSSR count). The van der Waals surface area contributed by atoms with Crippen molar-refractivity contribution in [2.75, 3.05) is 18.0 Å². The third-order valence-electron chi connectivity index (χ3n) is 4.82. The van der Waals surface area contributed by atoms with Gasteiger partial charge in [0.15, 0.2) is 0 Å². The number of aryl methyl sites for hydroxylation is 2. The molecule has 0 aromatic carbocycles. The van der Waals surface area contributed by atoms with Gasteiger partial charge < -0.3 is 9.47 Å². The van der Waals surface area contributed by atoms with Gasteiger partial charge in [0.2, 0.25) is 0 Å². The number of aromatic nitrogens is 2. The van der Waals surface area contributed by atoms with E-state index in [9.17, 15) is 10.1 Å². The quantitative estimate of drug-likeness (QED) is 0.829. The van der Waals surface area contributed by atoms with E-state index in [1.54, 1.807) is 4.57 Å². The molecule has 5 heteroatoms. The Morgan fingerprint density at radius 3 is 2.85 bits per heavy atom. The first-order valence-corrected chi connectivity index (χ1v) is 9.14. The van der Waals surface area contributed by atoms with Gasteiger partial charge in [-0.15, -0.1) is 0 Å². The summed E-state index contributed by atoms with van der Waals surface area (Å²) >= 11 is 0. The Morgan fingerprint density at radius 1 is 1.35 bits per heavy atom. The summed E-state index contributed by atoms with van der Waals surface area (Å²) in [6.45, 7) is 6.23. The van der Waals surface area contributed by atoms with E-state index in [1.165, 1.54) is 11.1 Å². The number of hydrogen-bond acceptors (Lipinski definition) is 4. The zero-order chi connectivity index (χ0) is 18.5. The summed E-state index contributed by atoms with van der Waals surface area (Å²) in [5.74, 6) is 0. The standard InChI is InChI=1S/C21H24N4O/c1-3-4-10-25-13-8-20(19(15-22)21(25)26)24-11-6-17(7-12-24)18-5-9-23-16(2)14-18/h5-6,8-9,13-14H,3-4,7,10-12H2,1-2H3. The number of rotatable bonds is 5. The molecule has 3 heterocycles. The highest BCUT2D eigenvalue weighted by Crippen LogP contribution is 2.26. The summed E-state index contributed by atoms with van der Waals surface area (Å²) in [6.07, 6.45) is 8.67. The number of nitriles is 1. The van der Waals surface area contributed by atoms with Gasteiger partial charge in [-0.05, 0) is 49.1 Å². The normalized spacial score (nSPS) is 14.0. The first kappa shape index (κ1) is 17.9. The number of nitrogens with zero attached hydrogens (tertiary/aromatic N) is 4. The van der Waals surface area contributed by atoms with Gasteiger partial charge >= 0.3 is 0 Å². The van der Waals surface area contributed by atoms with Crippen LogP contribution in [0.5, 0.6) is 0 Å². The molecule has 0 radical (unpaired) electrons. The fourth-order valence-corrected chi connectivity index (χ4v) is 3.33. The van der Waals surface area contributed by atoms with Crippen LogP contribution in [0.15, 0.2) is 41.5 Å². The molecule has 134 valence electrons. The fraction of sp³-hybridized carbons (Fsp3) is 0.381. The Labute approximate surface area is 154 Å². The van der Waals surface area contributed by atoms with Crippen molar-refractivity contribution in [2.24, 2.45) is 0 Å². The Kier molecular flexibility index (Phi) is 5.52. The van der Waals surface area contributed by atoms with Crippen molar-refractivity contribution in [2.45, 2.75) is 39.7 Å². The molecular weight excluding hydrogens is 324 g/mol. The Bertz CT molecular complexity index is 920. The van der Waals surface area contributed by atoms with Gasteiger partial charge in [0.1, 0.15) is 11.6 Å². The molecule has 1 aliphatic heterocycles. The maximum atomic E-state index is 12.6.